The van der Waals surface area contributed by atoms with Gasteiger partial charge in [-0.3, -0.25) is 4.79 Å². The zero-order valence-corrected chi connectivity index (χ0v) is 19.2. The molecule has 0 bridgehead atoms. The number of benzene rings is 2. The monoisotopic (exact) mass is 469 g/mol. The van der Waals surface area contributed by atoms with Gasteiger partial charge in [-0.05, 0) is 36.4 Å². The first kappa shape index (κ1) is 22.5. The summed E-state index contributed by atoms with van der Waals surface area (Å²) in [4.78, 5) is 12.4. The summed E-state index contributed by atoms with van der Waals surface area (Å²) in [5, 5.41) is 12.0. The third kappa shape index (κ3) is 5.23. The standard InChI is InChI=1S/C23H23N3O6S/c1-28-19-10-14(11-20(29-2)23(19)30-3)16-5-7-22(26-25-16)33-13-21(27)24-15-4-6-17-18(12-15)32-9-8-31-17/h4-7,10-12H,8-9,13H2,1-3H3,(H,24,27). The molecule has 1 aromatic heterocycles. The molecule has 1 aliphatic rings. The Labute approximate surface area is 195 Å². The number of carbonyl (C=O) groups is 1. The SMILES string of the molecule is COc1cc(-c2ccc(SCC(=O)Nc3ccc4c(c3)OCCO4)nn2)cc(OC)c1OC. The van der Waals surface area contributed by atoms with Crippen LogP contribution < -0.4 is 29.0 Å². The van der Waals surface area contributed by atoms with Crippen molar-refractivity contribution < 1.29 is 28.5 Å². The van der Waals surface area contributed by atoms with Gasteiger partial charge in [0, 0.05) is 17.3 Å². The normalized spacial score (nSPS) is 12.1. The molecule has 0 saturated heterocycles. The van der Waals surface area contributed by atoms with E-state index in [1.807, 2.05) is 12.1 Å². The van der Waals surface area contributed by atoms with Crippen LogP contribution in [0.1, 0.15) is 0 Å². The topological polar surface area (TPSA) is 101 Å². The first-order valence-electron chi connectivity index (χ1n) is 10.1. The molecule has 2 aromatic carbocycles. The first-order chi connectivity index (χ1) is 16.1. The van der Waals surface area contributed by atoms with E-state index in [1.54, 1.807) is 51.7 Å². The highest BCUT2D eigenvalue weighted by atomic mass is 32.2. The van der Waals surface area contributed by atoms with Gasteiger partial charge in [-0.2, -0.15) is 0 Å². The predicted octanol–water partition coefficient (Wildman–Crippen LogP) is 3.67. The van der Waals surface area contributed by atoms with Crippen LogP contribution in [0.3, 0.4) is 0 Å². The van der Waals surface area contributed by atoms with E-state index in [-0.39, 0.29) is 11.7 Å². The van der Waals surface area contributed by atoms with Gasteiger partial charge in [-0.15, -0.1) is 10.2 Å². The van der Waals surface area contributed by atoms with E-state index in [1.165, 1.54) is 11.8 Å². The number of amides is 1. The quantitative estimate of drug-likeness (QED) is 0.495. The maximum Gasteiger partial charge on any atom is 0.234 e. The minimum atomic E-state index is -0.160. The van der Waals surface area contributed by atoms with Crippen molar-refractivity contribution in [3.05, 3.63) is 42.5 Å². The number of anilines is 1. The Bertz CT molecular complexity index is 1110. The van der Waals surface area contributed by atoms with Gasteiger partial charge >= 0.3 is 0 Å². The Hall–Kier alpha value is -3.66. The van der Waals surface area contributed by atoms with E-state index in [4.69, 9.17) is 23.7 Å². The zero-order chi connectivity index (χ0) is 23.2. The molecule has 172 valence electrons. The molecule has 0 spiro atoms. The van der Waals surface area contributed by atoms with Crippen molar-refractivity contribution in [2.75, 3.05) is 45.6 Å². The Morgan fingerprint density at radius 3 is 2.30 bits per heavy atom. The maximum atomic E-state index is 12.4. The van der Waals surface area contributed by atoms with Gasteiger partial charge < -0.3 is 29.0 Å². The van der Waals surface area contributed by atoms with Crippen LogP contribution in [0.25, 0.3) is 11.3 Å². The lowest BCUT2D eigenvalue weighted by molar-refractivity contribution is -0.113. The fourth-order valence-corrected chi connectivity index (χ4v) is 3.85. The van der Waals surface area contributed by atoms with Crippen molar-refractivity contribution >= 4 is 23.4 Å². The Balaban J connectivity index is 1.38. The second-order valence-electron chi connectivity index (χ2n) is 6.87. The summed E-state index contributed by atoms with van der Waals surface area (Å²) in [5.74, 6) is 2.90. The number of methoxy groups -OCH3 is 3. The van der Waals surface area contributed by atoms with Crippen molar-refractivity contribution in [1.82, 2.24) is 10.2 Å². The number of rotatable bonds is 8. The maximum absolute atomic E-state index is 12.4. The van der Waals surface area contributed by atoms with Crippen molar-refractivity contribution in [3.8, 4) is 40.0 Å². The van der Waals surface area contributed by atoms with Gasteiger partial charge in [-0.25, -0.2) is 0 Å². The van der Waals surface area contributed by atoms with Crippen LogP contribution in [0.15, 0.2) is 47.5 Å². The number of hydrogen-bond donors (Lipinski definition) is 1. The van der Waals surface area contributed by atoms with Gasteiger partial charge in [0.1, 0.15) is 18.2 Å². The molecule has 1 aliphatic heterocycles. The number of fused-ring (bicyclic) bond motifs is 1. The van der Waals surface area contributed by atoms with Crippen LogP contribution >= 0.6 is 11.8 Å². The van der Waals surface area contributed by atoms with Crippen molar-refractivity contribution in [2.24, 2.45) is 0 Å². The molecule has 0 aliphatic carbocycles. The Morgan fingerprint density at radius 1 is 0.939 bits per heavy atom. The van der Waals surface area contributed by atoms with Gasteiger partial charge in [0.15, 0.2) is 23.0 Å². The zero-order valence-electron chi connectivity index (χ0n) is 18.4. The second-order valence-corrected chi connectivity index (χ2v) is 7.86. The van der Waals surface area contributed by atoms with Crippen LogP contribution in [0.2, 0.25) is 0 Å². The molecule has 0 radical (unpaired) electrons. The Kier molecular flexibility index (Phi) is 7.04. The van der Waals surface area contributed by atoms with Crippen LogP contribution in [0, 0.1) is 0 Å². The van der Waals surface area contributed by atoms with Gasteiger partial charge in [-0.1, -0.05) is 11.8 Å². The lowest BCUT2D eigenvalue weighted by Gasteiger charge is -2.18. The fourth-order valence-electron chi connectivity index (χ4n) is 3.24. The number of ether oxygens (including phenoxy) is 5. The summed E-state index contributed by atoms with van der Waals surface area (Å²) in [6.07, 6.45) is 0. The highest BCUT2D eigenvalue weighted by Gasteiger charge is 2.16. The van der Waals surface area contributed by atoms with E-state index >= 15 is 0 Å². The summed E-state index contributed by atoms with van der Waals surface area (Å²) in [6, 6.07) is 12.6. The third-order valence-corrected chi connectivity index (χ3v) is 5.70. The highest BCUT2D eigenvalue weighted by molar-refractivity contribution is 7.99. The van der Waals surface area contributed by atoms with Crippen LogP contribution in [-0.4, -0.2) is 56.4 Å². The number of nitrogens with zero attached hydrogens (tertiary/aromatic N) is 2. The minimum absolute atomic E-state index is 0.160. The molecule has 0 unspecified atom stereocenters. The molecule has 1 N–H and O–H groups in total. The lowest BCUT2D eigenvalue weighted by Crippen LogP contribution is -2.17. The van der Waals surface area contributed by atoms with E-state index in [0.29, 0.717) is 58.4 Å². The number of hydrogen-bond acceptors (Lipinski definition) is 9. The van der Waals surface area contributed by atoms with E-state index in [2.05, 4.69) is 15.5 Å². The molecule has 0 fully saturated rings. The summed E-state index contributed by atoms with van der Waals surface area (Å²) in [7, 11) is 4.67. The summed E-state index contributed by atoms with van der Waals surface area (Å²) >= 11 is 1.29. The van der Waals surface area contributed by atoms with E-state index in [0.717, 1.165) is 5.56 Å². The molecular formula is C23H23N3O6S. The van der Waals surface area contributed by atoms with Gasteiger partial charge in [0.05, 0.1) is 32.8 Å². The van der Waals surface area contributed by atoms with Crippen molar-refractivity contribution in [1.29, 1.82) is 0 Å². The largest absolute Gasteiger partial charge is 0.493 e. The first-order valence-corrected chi connectivity index (χ1v) is 11.1. The van der Waals surface area contributed by atoms with Crippen LogP contribution in [-0.2, 0) is 4.79 Å². The molecule has 0 atom stereocenters. The number of carbonyl (C=O) groups excluding carboxylic acids is 1. The number of aromatic nitrogens is 2. The summed E-state index contributed by atoms with van der Waals surface area (Å²) in [5.41, 5.74) is 2.05. The fraction of sp³-hybridized carbons (Fsp3) is 0.261. The minimum Gasteiger partial charge on any atom is -0.493 e. The predicted molar refractivity (Wildman–Crippen MR) is 124 cm³/mol. The van der Waals surface area contributed by atoms with E-state index < -0.39 is 0 Å². The number of thioether (sulfide) groups is 1. The molecule has 4 rings (SSSR count). The van der Waals surface area contributed by atoms with Gasteiger partial charge in [0.25, 0.3) is 0 Å². The lowest BCUT2D eigenvalue weighted by atomic mass is 10.1. The average molecular weight is 470 g/mol. The highest BCUT2D eigenvalue weighted by Crippen LogP contribution is 2.40. The molecular weight excluding hydrogens is 446 g/mol. The Morgan fingerprint density at radius 2 is 1.67 bits per heavy atom. The molecule has 1 amide bonds. The summed E-state index contributed by atoms with van der Waals surface area (Å²) in [6.45, 7) is 1.01. The van der Waals surface area contributed by atoms with Crippen LogP contribution in [0.5, 0.6) is 28.7 Å². The molecule has 10 heteroatoms. The number of nitrogens with one attached hydrogen (secondary N) is 1. The smallest absolute Gasteiger partial charge is 0.234 e. The van der Waals surface area contributed by atoms with Crippen LogP contribution in [0.4, 0.5) is 5.69 Å². The molecule has 9 nitrogen and oxygen atoms in total. The molecule has 33 heavy (non-hydrogen) atoms. The molecule has 3 aromatic rings. The molecule has 2 heterocycles. The molecule has 0 saturated carbocycles. The van der Waals surface area contributed by atoms with Crippen molar-refractivity contribution in [3.63, 3.8) is 0 Å². The van der Waals surface area contributed by atoms with Gasteiger partial charge in [0.2, 0.25) is 11.7 Å². The van der Waals surface area contributed by atoms with Crippen molar-refractivity contribution in [2.45, 2.75) is 5.03 Å². The second kappa shape index (κ2) is 10.3. The van der Waals surface area contributed by atoms with E-state index in [9.17, 15) is 4.79 Å². The summed E-state index contributed by atoms with van der Waals surface area (Å²) < 4.78 is 27.2. The average Bonchev–Trinajstić information content (AvgIpc) is 2.86. The third-order valence-electron chi connectivity index (χ3n) is 4.78.